The number of nitrogens with zero attached hydrogens (tertiary/aromatic N) is 1. The Labute approximate surface area is 257 Å². The van der Waals surface area contributed by atoms with Crippen LogP contribution in [0.5, 0.6) is 0 Å². The lowest BCUT2D eigenvalue weighted by Gasteiger charge is -2.32. The summed E-state index contributed by atoms with van der Waals surface area (Å²) >= 11 is 0. The largest absolute Gasteiger partial charge is 0.310 e. The minimum Gasteiger partial charge on any atom is -0.310 e. The van der Waals surface area contributed by atoms with Crippen LogP contribution in [0.25, 0.3) is 22.3 Å². The second kappa shape index (κ2) is 10.3. The van der Waals surface area contributed by atoms with Crippen LogP contribution < -0.4 is 4.90 Å². The van der Waals surface area contributed by atoms with Crippen LogP contribution in [0.1, 0.15) is 78.5 Å². The van der Waals surface area contributed by atoms with Gasteiger partial charge in [-0.05, 0) is 150 Å². The van der Waals surface area contributed by atoms with Crippen LogP contribution in [0.3, 0.4) is 0 Å². The number of rotatable bonds is 4. The Bertz CT molecular complexity index is 1860. The van der Waals surface area contributed by atoms with E-state index in [0.717, 1.165) is 0 Å². The van der Waals surface area contributed by atoms with Gasteiger partial charge in [0.15, 0.2) is 0 Å². The van der Waals surface area contributed by atoms with Gasteiger partial charge in [0.1, 0.15) is 0 Å². The molecule has 3 aliphatic rings. The van der Waals surface area contributed by atoms with E-state index in [2.05, 4.69) is 123 Å². The molecule has 0 bridgehead atoms. The molecule has 0 radical (unpaired) electrons. The number of benzene rings is 5. The third-order valence-electron chi connectivity index (χ3n) is 10.5. The van der Waals surface area contributed by atoms with Gasteiger partial charge in [0.05, 0.1) is 5.69 Å². The Morgan fingerprint density at radius 3 is 1.91 bits per heavy atom. The van der Waals surface area contributed by atoms with E-state index < -0.39 is 0 Å². The number of anilines is 3. The van der Waals surface area contributed by atoms with E-state index >= 15 is 0 Å². The molecule has 0 N–H and O–H groups in total. The van der Waals surface area contributed by atoms with Crippen molar-refractivity contribution in [3.8, 4) is 22.3 Å². The molecule has 0 atom stereocenters. The van der Waals surface area contributed by atoms with Crippen molar-refractivity contribution < 1.29 is 0 Å². The molecule has 0 saturated heterocycles. The highest BCUT2D eigenvalue weighted by Gasteiger charge is 2.37. The summed E-state index contributed by atoms with van der Waals surface area (Å²) in [4.78, 5) is 2.54. The summed E-state index contributed by atoms with van der Waals surface area (Å²) in [5.41, 5.74) is 19.5. The van der Waals surface area contributed by atoms with Crippen LogP contribution >= 0.6 is 0 Å². The molecule has 0 heterocycles. The van der Waals surface area contributed by atoms with Crippen molar-refractivity contribution in [3.05, 3.63) is 136 Å². The van der Waals surface area contributed by atoms with Crippen molar-refractivity contribution in [2.45, 2.75) is 77.6 Å². The average molecular weight is 560 g/mol. The summed E-state index contributed by atoms with van der Waals surface area (Å²) < 4.78 is 0. The molecule has 0 fully saturated rings. The van der Waals surface area contributed by atoms with Crippen LogP contribution in [0, 0.1) is 6.92 Å². The third-order valence-corrected chi connectivity index (χ3v) is 10.5. The van der Waals surface area contributed by atoms with E-state index in [9.17, 15) is 0 Å². The molecule has 0 aliphatic heterocycles. The van der Waals surface area contributed by atoms with Crippen LogP contribution in [0.2, 0.25) is 0 Å². The Balaban J connectivity index is 1.43. The Hall–Kier alpha value is -4.10. The summed E-state index contributed by atoms with van der Waals surface area (Å²) in [6.45, 7) is 7.12. The summed E-state index contributed by atoms with van der Waals surface area (Å²) in [6, 6.07) is 37.4. The lowest BCUT2D eigenvalue weighted by atomic mass is 9.81. The first-order valence-corrected chi connectivity index (χ1v) is 16.4. The van der Waals surface area contributed by atoms with E-state index in [1.54, 1.807) is 11.1 Å². The molecule has 0 spiro atoms. The van der Waals surface area contributed by atoms with E-state index in [4.69, 9.17) is 0 Å². The summed E-state index contributed by atoms with van der Waals surface area (Å²) in [5, 5.41) is 0. The van der Waals surface area contributed by atoms with Gasteiger partial charge < -0.3 is 4.90 Å². The van der Waals surface area contributed by atoms with Crippen molar-refractivity contribution in [1.29, 1.82) is 0 Å². The molecule has 0 amide bonds. The SMILES string of the molecule is Cc1cc2c(cc1-c1cc3c(cc1N(c1ccccc1)c1ccc4c(c1)CCCC4)C(C)(C)c1ccccc1-3)CCCC2. The van der Waals surface area contributed by atoms with Gasteiger partial charge in [0, 0.05) is 22.4 Å². The molecule has 5 aromatic rings. The van der Waals surface area contributed by atoms with Gasteiger partial charge in [0.25, 0.3) is 0 Å². The Kier molecular flexibility index (Phi) is 6.33. The quantitative estimate of drug-likeness (QED) is 0.212. The topological polar surface area (TPSA) is 3.24 Å². The molecule has 1 heteroatoms. The minimum atomic E-state index is -0.0671. The first-order chi connectivity index (χ1) is 21.0. The number of para-hydroxylation sites is 1. The molecule has 5 aromatic carbocycles. The minimum absolute atomic E-state index is 0.0671. The van der Waals surface area contributed by atoms with Crippen molar-refractivity contribution >= 4 is 17.1 Å². The molecular formula is C42H41N. The second-order valence-electron chi connectivity index (χ2n) is 13.6. The van der Waals surface area contributed by atoms with Crippen LogP contribution in [-0.4, -0.2) is 0 Å². The van der Waals surface area contributed by atoms with Crippen LogP contribution in [-0.2, 0) is 31.1 Å². The van der Waals surface area contributed by atoms with E-state index in [1.807, 2.05) is 0 Å². The summed E-state index contributed by atoms with van der Waals surface area (Å²) in [5.74, 6) is 0. The molecule has 0 unspecified atom stereocenters. The predicted octanol–water partition coefficient (Wildman–Crippen LogP) is 11.2. The van der Waals surface area contributed by atoms with Gasteiger partial charge in [-0.2, -0.15) is 0 Å². The van der Waals surface area contributed by atoms with Crippen molar-refractivity contribution in [2.75, 3.05) is 4.90 Å². The molecule has 0 aromatic heterocycles. The molecule has 43 heavy (non-hydrogen) atoms. The van der Waals surface area contributed by atoms with Gasteiger partial charge in [-0.15, -0.1) is 0 Å². The number of fused-ring (bicyclic) bond motifs is 5. The van der Waals surface area contributed by atoms with E-state index in [0.29, 0.717) is 0 Å². The van der Waals surface area contributed by atoms with Gasteiger partial charge in [-0.3, -0.25) is 0 Å². The highest BCUT2D eigenvalue weighted by Crippen LogP contribution is 2.54. The molecule has 0 saturated carbocycles. The summed E-state index contributed by atoms with van der Waals surface area (Å²) in [6.07, 6.45) is 9.96. The van der Waals surface area contributed by atoms with Gasteiger partial charge in [0.2, 0.25) is 0 Å². The fourth-order valence-electron chi connectivity index (χ4n) is 8.20. The first kappa shape index (κ1) is 26.5. The highest BCUT2D eigenvalue weighted by atomic mass is 15.1. The van der Waals surface area contributed by atoms with Crippen molar-refractivity contribution in [2.24, 2.45) is 0 Å². The third kappa shape index (κ3) is 4.36. The highest BCUT2D eigenvalue weighted by molar-refractivity contribution is 5.95. The van der Waals surface area contributed by atoms with Crippen molar-refractivity contribution in [1.82, 2.24) is 0 Å². The monoisotopic (exact) mass is 559 g/mol. The Morgan fingerprint density at radius 2 is 1.14 bits per heavy atom. The van der Waals surface area contributed by atoms with Gasteiger partial charge in [-0.1, -0.05) is 74.5 Å². The first-order valence-electron chi connectivity index (χ1n) is 16.4. The maximum atomic E-state index is 2.54. The zero-order valence-corrected chi connectivity index (χ0v) is 25.8. The lowest BCUT2D eigenvalue weighted by Crippen LogP contribution is -2.17. The maximum absolute atomic E-state index is 2.54. The van der Waals surface area contributed by atoms with Gasteiger partial charge in [-0.25, -0.2) is 0 Å². The lowest BCUT2D eigenvalue weighted by molar-refractivity contribution is 0.660. The van der Waals surface area contributed by atoms with Crippen molar-refractivity contribution in [3.63, 3.8) is 0 Å². The predicted molar refractivity (Wildman–Crippen MR) is 182 cm³/mol. The van der Waals surface area contributed by atoms with E-state index in [-0.39, 0.29) is 5.41 Å². The molecular weight excluding hydrogens is 518 g/mol. The Morgan fingerprint density at radius 1 is 0.488 bits per heavy atom. The molecule has 214 valence electrons. The van der Waals surface area contributed by atoms with E-state index in [1.165, 1.54) is 118 Å². The average Bonchev–Trinajstić information content (AvgIpc) is 3.26. The molecule has 1 nitrogen and oxygen atoms in total. The maximum Gasteiger partial charge on any atom is 0.0543 e. The smallest absolute Gasteiger partial charge is 0.0543 e. The number of hydrogen-bond donors (Lipinski definition) is 0. The standard InChI is InChI=1S/C42H41N/c1-28-23-30-14-9-10-16-32(30)25-36(28)38-26-37-35-19-11-12-20-39(35)42(2,3)40(37)27-41(38)43(33-17-5-4-6-18-33)34-22-21-29-13-7-8-15-31(29)24-34/h4-6,11-12,17-27H,7-10,13-16H2,1-3H3. The molecule has 3 aliphatic carbocycles. The van der Waals surface area contributed by atoms with Crippen LogP contribution in [0.4, 0.5) is 17.1 Å². The van der Waals surface area contributed by atoms with Crippen LogP contribution in [0.15, 0.2) is 97.1 Å². The summed E-state index contributed by atoms with van der Waals surface area (Å²) in [7, 11) is 0. The normalized spacial score (nSPS) is 16.2. The zero-order valence-electron chi connectivity index (χ0n) is 25.8. The fraction of sp³-hybridized carbons (Fsp3) is 0.286. The number of aryl methyl sites for hydroxylation is 5. The molecule has 8 rings (SSSR count). The second-order valence-corrected chi connectivity index (χ2v) is 13.6. The number of hydrogen-bond acceptors (Lipinski definition) is 1. The fourth-order valence-corrected chi connectivity index (χ4v) is 8.20. The zero-order chi connectivity index (χ0) is 29.1. The van der Waals surface area contributed by atoms with Gasteiger partial charge >= 0.3 is 0 Å².